The van der Waals surface area contributed by atoms with E-state index in [4.69, 9.17) is 11.6 Å². The van der Waals surface area contributed by atoms with Crippen molar-refractivity contribution < 1.29 is 14.4 Å². The average Bonchev–Trinajstić information content (AvgIpc) is 3.01. The van der Waals surface area contributed by atoms with Crippen molar-refractivity contribution in [3.8, 4) is 0 Å². The van der Waals surface area contributed by atoms with Gasteiger partial charge in [-0.15, -0.1) is 0 Å². The van der Waals surface area contributed by atoms with Gasteiger partial charge in [-0.3, -0.25) is 25.2 Å². The molecule has 1 saturated heterocycles. The Labute approximate surface area is 162 Å². The highest BCUT2D eigenvalue weighted by molar-refractivity contribution is 6.33. The zero-order chi connectivity index (χ0) is 19.6. The van der Waals surface area contributed by atoms with Crippen LogP contribution < -0.4 is 15.8 Å². The Morgan fingerprint density at radius 3 is 2.41 bits per heavy atom. The monoisotopic (exact) mass is 385 g/mol. The minimum atomic E-state index is -0.537. The van der Waals surface area contributed by atoms with E-state index in [-0.39, 0.29) is 24.4 Å². The molecule has 1 aliphatic rings. The Kier molecular flexibility index (Phi) is 5.46. The number of carbonyl (C=O) groups is 3. The number of hydrogen-bond donors (Lipinski definition) is 2. The van der Waals surface area contributed by atoms with E-state index < -0.39 is 17.7 Å². The summed E-state index contributed by atoms with van der Waals surface area (Å²) >= 11 is 5.97. The van der Waals surface area contributed by atoms with Crippen molar-refractivity contribution in [2.24, 2.45) is 5.92 Å². The molecule has 3 amide bonds. The molecule has 1 heterocycles. The van der Waals surface area contributed by atoms with Gasteiger partial charge in [0, 0.05) is 18.7 Å². The maximum Gasteiger partial charge on any atom is 0.271 e. The molecule has 0 unspecified atom stereocenters. The van der Waals surface area contributed by atoms with Crippen LogP contribution in [0.2, 0.25) is 5.02 Å². The zero-order valence-corrected chi connectivity index (χ0v) is 15.8. The molecule has 1 fully saturated rings. The van der Waals surface area contributed by atoms with E-state index in [1.54, 1.807) is 29.2 Å². The molecule has 140 valence electrons. The van der Waals surface area contributed by atoms with Crippen LogP contribution in [0.3, 0.4) is 0 Å². The van der Waals surface area contributed by atoms with E-state index in [1.165, 1.54) is 0 Å². The molecule has 0 spiro atoms. The molecule has 2 N–H and O–H groups in total. The van der Waals surface area contributed by atoms with Gasteiger partial charge < -0.3 is 4.90 Å². The molecule has 3 rings (SSSR count). The van der Waals surface area contributed by atoms with E-state index in [2.05, 4.69) is 10.9 Å². The van der Waals surface area contributed by atoms with Gasteiger partial charge in [-0.25, -0.2) is 0 Å². The van der Waals surface area contributed by atoms with Crippen molar-refractivity contribution in [3.05, 3.63) is 64.2 Å². The van der Waals surface area contributed by atoms with Crippen LogP contribution >= 0.6 is 11.6 Å². The number of nitrogens with zero attached hydrogens (tertiary/aromatic N) is 1. The lowest BCUT2D eigenvalue weighted by molar-refractivity contribution is -0.126. The van der Waals surface area contributed by atoms with Crippen molar-refractivity contribution in [1.82, 2.24) is 10.9 Å². The van der Waals surface area contributed by atoms with Crippen LogP contribution in [0.15, 0.2) is 42.5 Å². The van der Waals surface area contributed by atoms with Crippen LogP contribution in [0.5, 0.6) is 0 Å². The third-order valence-corrected chi connectivity index (χ3v) is 4.76. The number of amides is 3. The number of carbonyl (C=O) groups excluding carboxylic acids is 3. The summed E-state index contributed by atoms with van der Waals surface area (Å²) in [5, 5.41) is 0.293. The van der Waals surface area contributed by atoms with Gasteiger partial charge >= 0.3 is 0 Å². The third kappa shape index (κ3) is 4.28. The Bertz CT molecular complexity index is 893. The minimum Gasteiger partial charge on any atom is -0.312 e. The molecule has 0 saturated carbocycles. The van der Waals surface area contributed by atoms with E-state index >= 15 is 0 Å². The van der Waals surface area contributed by atoms with Gasteiger partial charge in [0.25, 0.3) is 5.91 Å². The van der Waals surface area contributed by atoms with Crippen molar-refractivity contribution in [1.29, 1.82) is 0 Å². The van der Waals surface area contributed by atoms with Crippen molar-refractivity contribution >= 4 is 35.0 Å². The predicted octanol–water partition coefficient (Wildman–Crippen LogP) is 2.77. The SMILES string of the molecule is Cc1cc(C)cc(N2C[C@@H](C(=O)NNC(=O)c3ccccc3Cl)CC2=O)c1. The molecule has 7 heteroatoms. The fraction of sp³-hybridized carbons (Fsp3) is 0.250. The van der Waals surface area contributed by atoms with Crippen LogP contribution in [-0.4, -0.2) is 24.3 Å². The lowest BCUT2D eigenvalue weighted by atomic mass is 10.1. The number of anilines is 1. The van der Waals surface area contributed by atoms with E-state index in [0.29, 0.717) is 5.02 Å². The summed E-state index contributed by atoms with van der Waals surface area (Å²) in [5.41, 5.74) is 7.90. The first kappa shape index (κ1) is 18.9. The number of rotatable bonds is 3. The third-order valence-electron chi connectivity index (χ3n) is 4.43. The highest BCUT2D eigenvalue weighted by Gasteiger charge is 2.35. The standard InChI is InChI=1S/C20H20ClN3O3/c1-12-7-13(2)9-15(8-12)24-11-14(10-18(24)25)19(26)22-23-20(27)16-5-3-4-6-17(16)21/h3-9,14H,10-11H2,1-2H3,(H,22,26)(H,23,27)/t14-/m0/s1. The average molecular weight is 386 g/mol. The smallest absolute Gasteiger partial charge is 0.271 e. The van der Waals surface area contributed by atoms with Gasteiger partial charge in [-0.1, -0.05) is 29.8 Å². The number of aryl methyl sites for hydroxylation is 2. The first-order chi connectivity index (χ1) is 12.8. The molecule has 0 bridgehead atoms. The number of hydrazine groups is 1. The number of benzene rings is 2. The van der Waals surface area contributed by atoms with E-state index in [1.807, 2.05) is 32.0 Å². The summed E-state index contributed by atoms with van der Waals surface area (Å²) in [7, 11) is 0. The number of halogens is 1. The van der Waals surface area contributed by atoms with Crippen LogP contribution in [0.4, 0.5) is 5.69 Å². The van der Waals surface area contributed by atoms with Gasteiger partial charge in [0.1, 0.15) is 0 Å². The van der Waals surface area contributed by atoms with Crippen LogP contribution in [0, 0.1) is 19.8 Å². The molecule has 27 heavy (non-hydrogen) atoms. The molecule has 6 nitrogen and oxygen atoms in total. The largest absolute Gasteiger partial charge is 0.312 e. The first-order valence-corrected chi connectivity index (χ1v) is 8.96. The molecule has 0 radical (unpaired) electrons. The molecular weight excluding hydrogens is 366 g/mol. The highest BCUT2D eigenvalue weighted by Crippen LogP contribution is 2.27. The second-order valence-electron chi connectivity index (χ2n) is 6.67. The van der Waals surface area contributed by atoms with Crippen LogP contribution in [0.25, 0.3) is 0 Å². The molecule has 1 atom stereocenters. The molecule has 0 aromatic heterocycles. The van der Waals surface area contributed by atoms with Crippen LogP contribution in [-0.2, 0) is 9.59 Å². The summed E-state index contributed by atoms with van der Waals surface area (Å²) in [6.45, 7) is 4.20. The summed E-state index contributed by atoms with van der Waals surface area (Å²) in [4.78, 5) is 38.5. The fourth-order valence-electron chi connectivity index (χ4n) is 3.17. The fourth-order valence-corrected chi connectivity index (χ4v) is 3.39. The maximum absolute atomic E-state index is 12.4. The molecular formula is C20H20ClN3O3. The normalized spacial score (nSPS) is 16.3. The predicted molar refractivity (Wildman–Crippen MR) is 103 cm³/mol. The summed E-state index contributed by atoms with van der Waals surface area (Å²) in [6, 6.07) is 12.4. The van der Waals surface area contributed by atoms with Crippen molar-refractivity contribution in [2.75, 3.05) is 11.4 Å². The lowest BCUT2D eigenvalue weighted by Gasteiger charge is -2.18. The Morgan fingerprint density at radius 1 is 1.07 bits per heavy atom. The minimum absolute atomic E-state index is 0.0980. The van der Waals surface area contributed by atoms with Gasteiger partial charge in [-0.05, 0) is 49.2 Å². The molecule has 2 aromatic carbocycles. The van der Waals surface area contributed by atoms with Gasteiger partial charge in [0.15, 0.2) is 0 Å². The van der Waals surface area contributed by atoms with Crippen molar-refractivity contribution in [2.45, 2.75) is 20.3 Å². The Morgan fingerprint density at radius 2 is 1.74 bits per heavy atom. The lowest BCUT2D eigenvalue weighted by Crippen LogP contribution is -2.45. The second kappa shape index (κ2) is 7.80. The van der Waals surface area contributed by atoms with Gasteiger partial charge in [-0.2, -0.15) is 0 Å². The molecule has 0 aliphatic carbocycles. The summed E-state index contributed by atoms with van der Waals surface area (Å²) in [6.07, 6.45) is 0.0980. The molecule has 2 aromatic rings. The van der Waals surface area contributed by atoms with Crippen LogP contribution in [0.1, 0.15) is 27.9 Å². The maximum atomic E-state index is 12.4. The Hall–Kier alpha value is -2.86. The van der Waals surface area contributed by atoms with E-state index in [9.17, 15) is 14.4 Å². The number of hydrogen-bond acceptors (Lipinski definition) is 3. The first-order valence-electron chi connectivity index (χ1n) is 8.58. The molecule has 1 aliphatic heterocycles. The number of nitrogens with one attached hydrogen (secondary N) is 2. The quantitative estimate of drug-likeness (QED) is 0.797. The Balaban J connectivity index is 1.62. The summed E-state index contributed by atoms with van der Waals surface area (Å²) < 4.78 is 0. The van der Waals surface area contributed by atoms with Gasteiger partial charge in [0.2, 0.25) is 11.8 Å². The highest BCUT2D eigenvalue weighted by atomic mass is 35.5. The van der Waals surface area contributed by atoms with Crippen molar-refractivity contribution in [3.63, 3.8) is 0 Å². The zero-order valence-electron chi connectivity index (χ0n) is 15.1. The topological polar surface area (TPSA) is 78.5 Å². The van der Waals surface area contributed by atoms with Gasteiger partial charge in [0.05, 0.1) is 16.5 Å². The summed E-state index contributed by atoms with van der Waals surface area (Å²) in [5.74, 6) is -1.57. The second-order valence-corrected chi connectivity index (χ2v) is 7.08. The van der Waals surface area contributed by atoms with E-state index in [0.717, 1.165) is 16.8 Å².